The molecule has 0 saturated carbocycles. The first kappa shape index (κ1) is 16.9. The van der Waals surface area contributed by atoms with Crippen LogP contribution in [-0.2, 0) is 0 Å². The van der Waals surface area contributed by atoms with Crippen LogP contribution in [-0.4, -0.2) is 52.9 Å². The van der Waals surface area contributed by atoms with E-state index < -0.39 is 6.10 Å². The van der Waals surface area contributed by atoms with Crippen LogP contribution in [0.1, 0.15) is 30.2 Å². The molecule has 5 heteroatoms. The molecule has 0 unspecified atom stereocenters. The molecule has 1 aliphatic heterocycles. The summed E-state index contributed by atoms with van der Waals surface area (Å²) >= 11 is 0. The van der Waals surface area contributed by atoms with Gasteiger partial charge in [-0.3, -0.25) is 4.90 Å². The molecule has 2 heterocycles. The maximum atomic E-state index is 10.5. The van der Waals surface area contributed by atoms with Crippen LogP contribution >= 0.6 is 0 Å². The monoisotopic (exact) mass is 326 g/mol. The fourth-order valence-corrected chi connectivity index (χ4v) is 3.29. The smallest absolute Gasteiger partial charge is 0.151 e. The third-order valence-corrected chi connectivity index (χ3v) is 4.77. The second kappa shape index (κ2) is 7.73. The van der Waals surface area contributed by atoms with Gasteiger partial charge in [0.2, 0.25) is 0 Å². The van der Waals surface area contributed by atoms with E-state index in [1.54, 1.807) is 0 Å². The Kier molecular flexibility index (Phi) is 5.43. The zero-order valence-corrected chi connectivity index (χ0v) is 14.5. The van der Waals surface area contributed by atoms with E-state index >= 15 is 0 Å². The van der Waals surface area contributed by atoms with Gasteiger partial charge in [0, 0.05) is 25.7 Å². The molecule has 1 saturated heterocycles. The molecule has 1 aliphatic rings. The highest BCUT2D eigenvalue weighted by molar-refractivity contribution is 5.38. The van der Waals surface area contributed by atoms with Crippen molar-refractivity contribution in [2.24, 2.45) is 0 Å². The summed E-state index contributed by atoms with van der Waals surface area (Å²) < 4.78 is 0. The van der Waals surface area contributed by atoms with Gasteiger partial charge in [-0.1, -0.05) is 30.3 Å². The van der Waals surface area contributed by atoms with Gasteiger partial charge in [0.1, 0.15) is 0 Å². The predicted octanol–water partition coefficient (Wildman–Crippen LogP) is 2.42. The Balaban J connectivity index is 1.60. The highest BCUT2D eigenvalue weighted by Gasteiger charge is 2.25. The van der Waals surface area contributed by atoms with Crippen molar-refractivity contribution in [2.45, 2.75) is 31.9 Å². The molecule has 0 aliphatic carbocycles. The molecule has 2 atom stereocenters. The Morgan fingerprint density at radius 3 is 2.71 bits per heavy atom. The quantitative estimate of drug-likeness (QED) is 0.914. The highest BCUT2D eigenvalue weighted by atomic mass is 16.3. The number of benzene rings is 1. The summed E-state index contributed by atoms with van der Waals surface area (Å²) in [6.07, 6.45) is 1.82. The van der Waals surface area contributed by atoms with Gasteiger partial charge in [-0.05, 0) is 44.5 Å². The molecule has 24 heavy (non-hydrogen) atoms. The minimum atomic E-state index is -0.453. The number of rotatable bonds is 5. The maximum absolute atomic E-state index is 10.5. The van der Waals surface area contributed by atoms with Crippen LogP contribution in [0.2, 0.25) is 0 Å². The van der Waals surface area contributed by atoms with E-state index in [-0.39, 0.29) is 0 Å². The zero-order valence-electron chi connectivity index (χ0n) is 14.5. The van der Waals surface area contributed by atoms with Gasteiger partial charge in [-0.25, -0.2) is 0 Å². The van der Waals surface area contributed by atoms with Crippen molar-refractivity contribution in [3.05, 3.63) is 53.7 Å². The number of aromatic nitrogens is 2. The molecule has 5 nitrogen and oxygen atoms in total. The van der Waals surface area contributed by atoms with Gasteiger partial charge in [-0.2, -0.15) is 5.10 Å². The molecule has 0 amide bonds. The van der Waals surface area contributed by atoms with Crippen LogP contribution in [0.5, 0.6) is 0 Å². The molecule has 128 valence electrons. The summed E-state index contributed by atoms with van der Waals surface area (Å²) in [5, 5.41) is 18.9. The summed E-state index contributed by atoms with van der Waals surface area (Å²) in [7, 11) is 2.10. The topological polar surface area (TPSA) is 52.5 Å². The molecule has 1 fully saturated rings. The lowest BCUT2D eigenvalue weighted by Gasteiger charge is -2.38. The fraction of sp³-hybridized carbons (Fsp3) is 0.474. The van der Waals surface area contributed by atoms with Crippen LogP contribution in [0.15, 0.2) is 42.5 Å². The van der Waals surface area contributed by atoms with E-state index in [0.717, 1.165) is 43.0 Å². The largest absolute Gasteiger partial charge is 0.387 e. The van der Waals surface area contributed by atoms with E-state index in [1.807, 2.05) is 49.4 Å². The molecular formula is C19H26N4O. The minimum Gasteiger partial charge on any atom is -0.387 e. The van der Waals surface area contributed by atoms with Crippen molar-refractivity contribution in [1.29, 1.82) is 0 Å². The highest BCUT2D eigenvalue weighted by Crippen LogP contribution is 2.22. The number of hydrogen-bond acceptors (Lipinski definition) is 5. The first-order valence-electron chi connectivity index (χ1n) is 8.62. The zero-order chi connectivity index (χ0) is 16.9. The van der Waals surface area contributed by atoms with E-state index in [0.29, 0.717) is 12.6 Å². The summed E-state index contributed by atoms with van der Waals surface area (Å²) in [4.78, 5) is 4.57. The average molecular weight is 326 g/mol. The molecule has 0 radical (unpaired) electrons. The van der Waals surface area contributed by atoms with Gasteiger partial charge in [-0.15, -0.1) is 5.10 Å². The fourth-order valence-electron chi connectivity index (χ4n) is 3.29. The predicted molar refractivity (Wildman–Crippen MR) is 96.0 cm³/mol. The summed E-state index contributed by atoms with van der Waals surface area (Å²) in [5.74, 6) is 0.947. The van der Waals surface area contributed by atoms with E-state index in [4.69, 9.17) is 0 Å². The Labute approximate surface area is 143 Å². The normalized spacial score (nSPS) is 19.5. The number of likely N-dealkylation sites (N-methyl/N-ethyl adjacent to an activating group) is 1. The lowest BCUT2D eigenvalue weighted by molar-refractivity contribution is 0.0986. The molecular weight excluding hydrogens is 300 g/mol. The van der Waals surface area contributed by atoms with Gasteiger partial charge in [0.05, 0.1) is 11.8 Å². The molecule has 0 bridgehead atoms. The average Bonchev–Trinajstić information content (AvgIpc) is 2.63. The molecule has 3 rings (SSSR count). The number of anilines is 1. The number of aryl methyl sites for hydroxylation is 1. The molecule has 1 aromatic carbocycles. The standard InChI is InChI=1S/C19H26N4O/c1-15-10-11-19(21-20-15)23-12-6-9-17(13-23)22(2)14-18(24)16-7-4-3-5-8-16/h3-5,7-8,10-11,17-18,24H,6,9,12-14H2,1-2H3/t17-,18-/m0/s1. The van der Waals surface area contributed by atoms with Crippen molar-refractivity contribution < 1.29 is 5.11 Å². The molecule has 2 aromatic rings. The third-order valence-electron chi connectivity index (χ3n) is 4.77. The van der Waals surface area contributed by atoms with Crippen molar-refractivity contribution in [1.82, 2.24) is 15.1 Å². The summed E-state index contributed by atoms with van der Waals surface area (Å²) in [5.41, 5.74) is 1.91. The van der Waals surface area contributed by atoms with Gasteiger partial charge < -0.3 is 10.0 Å². The Hall–Kier alpha value is -1.98. The molecule has 1 N–H and O–H groups in total. The second-order valence-electron chi connectivity index (χ2n) is 6.64. The van der Waals surface area contributed by atoms with Crippen molar-refractivity contribution in [2.75, 3.05) is 31.6 Å². The number of hydrogen-bond donors (Lipinski definition) is 1. The van der Waals surface area contributed by atoms with Gasteiger partial charge in [0.25, 0.3) is 0 Å². The van der Waals surface area contributed by atoms with Crippen LogP contribution < -0.4 is 4.90 Å². The first-order valence-corrected chi connectivity index (χ1v) is 8.62. The van der Waals surface area contributed by atoms with E-state index in [9.17, 15) is 5.11 Å². The SMILES string of the molecule is Cc1ccc(N2CCC[C@H](N(C)C[C@H](O)c3ccccc3)C2)nn1. The van der Waals surface area contributed by atoms with Gasteiger partial charge >= 0.3 is 0 Å². The van der Waals surface area contributed by atoms with Gasteiger partial charge in [0.15, 0.2) is 5.82 Å². The van der Waals surface area contributed by atoms with E-state index in [2.05, 4.69) is 27.0 Å². The first-order chi connectivity index (χ1) is 11.6. The second-order valence-corrected chi connectivity index (χ2v) is 6.64. The Morgan fingerprint density at radius 2 is 2.00 bits per heavy atom. The molecule has 0 spiro atoms. The summed E-state index contributed by atoms with van der Waals surface area (Å²) in [6.45, 7) is 4.54. The Morgan fingerprint density at radius 1 is 1.21 bits per heavy atom. The number of aliphatic hydroxyl groups excluding tert-OH is 1. The van der Waals surface area contributed by atoms with Crippen molar-refractivity contribution in [3.8, 4) is 0 Å². The minimum absolute atomic E-state index is 0.417. The number of aliphatic hydroxyl groups is 1. The lowest BCUT2D eigenvalue weighted by Crippen LogP contribution is -2.47. The van der Waals surface area contributed by atoms with Crippen LogP contribution in [0.3, 0.4) is 0 Å². The van der Waals surface area contributed by atoms with Crippen molar-refractivity contribution >= 4 is 5.82 Å². The van der Waals surface area contributed by atoms with Crippen LogP contribution in [0.4, 0.5) is 5.82 Å². The maximum Gasteiger partial charge on any atom is 0.151 e. The third kappa shape index (κ3) is 4.10. The van der Waals surface area contributed by atoms with Crippen molar-refractivity contribution in [3.63, 3.8) is 0 Å². The van der Waals surface area contributed by atoms with Crippen LogP contribution in [0, 0.1) is 6.92 Å². The number of nitrogens with zero attached hydrogens (tertiary/aromatic N) is 4. The lowest BCUT2D eigenvalue weighted by atomic mass is 10.0. The summed E-state index contributed by atoms with van der Waals surface area (Å²) in [6, 6.07) is 14.3. The molecule has 1 aromatic heterocycles. The number of piperidine rings is 1. The Bertz CT molecular complexity index is 632. The van der Waals surface area contributed by atoms with E-state index in [1.165, 1.54) is 0 Å². The van der Waals surface area contributed by atoms with Crippen LogP contribution in [0.25, 0.3) is 0 Å².